The molecule has 0 atom stereocenters. The van der Waals surface area contributed by atoms with Crippen molar-refractivity contribution in [2.45, 2.75) is 38.6 Å². The van der Waals surface area contributed by atoms with Crippen LogP contribution in [0.15, 0.2) is 12.4 Å². The van der Waals surface area contributed by atoms with Gasteiger partial charge in [0.25, 0.3) is 0 Å². The molecule has 1 fully saturated rings. The molecule has 0 aliphatic heterocycles. The van der Waals surface area contributed by atoms with E-state index in [0.29, 0.717) is 0 Å². The first kappa shape index (κ1) is 8.48. The number of nitrogens with zero attached hydrogens (tertiary/aromatic N) is 2. The molecule has 0 bridgehead atoms. The maximum absolute atomic E-state index is 11.4. The highest BCUT2D eigenvalue weighted by Crippen LogP contribution is 2.48. The second-order valence-corrected chi connectivity index (χ2v) is 3.68. The van der Waals surface area contributed by atoms with Crippen molar-refractivity contribution < 1.29 is 4.79 Å². The molecule has 0 spiro atoms. The topological polar surface area (TPSA) is 34.9 Å². The first-order valence-corrected chi connectivity index (χ1v) is 4.73. The number of rotatable bonds is 3. The summed E-state index contributed by atoms with van der Waals surface area (Å²) in [7, 11) is 0. The van der Waals surface area contributed by atoms with E-state index in [0.717, 1.165) is 25.2 Å². The van der Waals surface area contributed by atoms with Gasteiger partial charge in [0.1, 0.15) is 11.6 Å². The molecule has 3 nitrogen and oxygen atoms in total. The molecule has 1 heterocycles. The predicted molar refractivity (Wildman–Crippen MR) is 49.5 cm³/mol. The molecular weight excluding hydrogens is 164 g/mol. The second kappa shape index (κ2) is 2.69. The molecule has 1 aliphatic rings. The highest BCUT2D eigenvalue weighted by atomic mass is 16.1. The standard InChI is InChI=1S/C10H14N2O/c1-3-12-7-6-11-9(12)10(4-5-10)8(2)13/h6-7H,3-5H2,1-2H3. The monoisotopic (exact) mass is 178 g/mol. The number of Topliss-reactive ketones (excluding diaryl/α,β-unsaturated/α-hetero) is 1. The summed E-state index contributed by atoms with van der Waals surface area (Å²) in [6.45, 7) is 4.63. The Morgan fingerprint density at radius 3 is 2.85 bits per heavy atom. The van der Waals surface area contributed by atoms with Crippen molar-refractivity contribution in [2.24, 2.45) is 0 Å². The van der Waals surface area contributed by atoms with Crippen LogP contribution >= 0.6 is 0 Å². The van der Waals surface area contributed by atoms with Crippen LogP contribution in [0.1, 0.15) is 32.5 Å². The Balaban J connectivity index is 2.40. The highest BCUT2D eigenvalue weighted by molar-refractivity contribution is 5.90. The van der Waals surface area contributed by atoms with Gasteiger partial charge in [0.2, 0.25) is 0 Å². The predicted octanol–water partition coefficient (Wildman–Crippen LogP) is 1.52. The molecule has 1 aromatic rings. The van der Waals surface area contributed by atoms with Crippen molar-refractivity contribution in [2.75, 3.05) is 0 Å². The van der Waals surface area contributed by atoms with Gasteiger partial charge >= 0.3 is 0 Å². The molecule has 0 aromatic carbocycles. The van der Waals surface area contributed by atoms with Crippen LogP contribution in [0, 0.1) is 0 Å². The van der Waals surface area contributed by atoms with Crippen LogP contribution in [0.2, 0.25) is 0 Å². The zero-order valence-corrected chi connectivity index (χ0v) is 8.08. The quantitative estimate of drug-likeness (QED) is 0.703. The van der Waals surface area contributed by atoms with Crippen molar-refractivity contribution in [1.82, 2.24) is 9.55 Å². The molecule has 0 unspecified atom stereocenters. The second-order valence-electron chi connectivity index (χ2n) is 3.68. The molecule has 2 rings (SSSR count). The zero-order valence-electron chi connectivity index (χ0n) is 8.08. The fourth-order valence-electron chi connectivity index (χ4n) is 1.84. The molecule has 1 aliphatic carbocycles. The normalized spacial score (nSPS) is 18.6. The van der Waals surface area contributed by atoms with Crippen LogP contribution in [0.3, 0.4) is 0 Å². The lowest BCUT2D eigenvalue weighted by atomic mass is 10.0. The van der Waals surface area contributed by atoms with E-state index in [1.807, 2.05) is 6.20 Å². The van der Waals surface area contributed by atoms with E-state index in [2.05, 4.69) is 16.5 Å². The fourth-order valence-corrected chi connectivity index (χ4v) is 1.84. The minimum Gasteiger partial charge on any atom is -0.334 e. The largest absolute Gasteiger partial charge is 0.334 e. The first-order valence-electron chi connectivity index (χ1n) is 4.73. The summed E-state index contributed by atoms with van der Waals surface area (Å²) in [5.74, 6) is 1.22. The van der Waals surface area contributed by atoms with Gasteiger partial charge in [-0.15, -0.1) is 0 Å². The van der Waals surface area contributed by atoms with E-state index in [1.165, 1.54) is 0 Å². The number of aromatic nitrogens is 2. The van der Waals surface area contributed by atoms with Gasteiger partial charge in [-0.05, 0) is 26.7 Å². The molecule has 70 valence electrons. The summed E-state index contributed by atoms with van der Waals surface area (Å²) < 4.78 is 2.06. The summed E-state index contributed by atoms with van der Waals surface area (Å²) in [5.41, 5.74) is -0.223. The molecule has 0 saturated heterocycles. The molecule has 0 radical (unpaired) electrons. The fraction of sp³-hybridized carbons (Fsp3) is 0.600. The maximum atomic E-state index is 11.4. The lowest BCUT2D eigenvalue weighted by Crippen LogP contribution is -2.22. The van der Waals surface area contributed by atoms with Gasteiger partial charge in [-0.1, -0.05) is 0 Å². The summed E-state index contributed by atoms with van der Waals surface area (Å²) >= 11 is 0. The Bertz CT molecular complexity index is 336. The third-order valence-corrected chi connectivity index (χ3v) is 2.91. The lowest BCUT2D eigenvalue weighted by molar-refractivity contribution is -0.119. The number of carbonyl (C=O) groups excluding carboxylic acids is 1. The lowest BCUT2D eigenvalue weighted by Gasteiger charge is -2.12. The van der Waals surface area contributed by atoms with Gasteiger partial charge in [0.15, 0.2) is 0 Å². The van der Waals surface area contributed by atoms with Crippen LogP contribution < -0.4 is 0 Å². The van der Waals surface area contributed by atoms with Gasteiger partial charge < -0.3 is 4.57 Å². The number of carbonyl (C=O) groups is 1. The third-order valence-electron chi connectivity index (χ3n) is 2.91. The van der Waals surface area contributed by atoms with E-state index >= 15 is 0 Å². The Morgan fingerprint density at radius 2 is 2.38 bits per heavy atom. The average Bonchev–Trinajstić information content (AvgIpc) is 2.78. The number of hydrogen-bond acceptors (Lipinski definition) is 2. The van der Waals surface area contributed by atoms with Crippen molar-refractivity contribution in [3.8, 4) is 0 Å². The Hall–Kier alpha value is -1.12. The molecule has 13 heavy (non-hydrogen) atoms. The van der Waals surface area contributed by atoms with E-state index in [1.54, 1.807) is 13.1 Å². The van der Waals surface area contributed by atoms with Crippen molar-refractivity contribution in [1.29, 1.82) is 0 Å². The van der Waals surface area contributed by atoms with Gasteiger partial charge in [-0.3, -0.25) is 4.79 Å². The van der Waals surface area contributed by atoms with Gasteiger partial charge in [0.05, 0.1) is 5.41 Å². The van der Waals surface area contributed by atoms with Crippen molar-refractivity contribution in [3.63, 3.8) is 0 Å². The van der Waals surface area contributed by atoms with Gasteiger partial charge in [-0.25, -0.2) is 4.98 Å². The molecular formula is C10H14N2O. The third kappa shape index (κ3) is 1.10. The molecule has 1 saturated carbocycles. The minimum absolute atomic E-state index is 0.223. The van der Waals surface area contributed by atoms with E-state index in [-0.39, 0.29) is 11.2 Å². The van der Waals surface area contributed by atoms with Crippen molar-refractivity contribution >= 4 is 5.78 Å². The molecule has 1 aromatic heterocycles. The minimum atomic E-state index is -0.223. The SMILES string of the molecule is CCn1ccnc1C1(C(C)=O)CC1. The number of ketones is 1. The number of aryl methyl sites for hydroxylation is 1. The molecule has 3 heteroatoms. The number of imidazole rings is 1. The Kier molecular flexibility index (Phi) is 1.75. The van der Waals surface area contributed by atoms with Gasteiger partial charge in [0, 0.05) is 18.9 Å². The number of hydrogen-bond donors (Lipinski definition) is 0. The smallest absolute Gasteiger partial charge is 0.143 e. The molecule has 0 N–H and O–H groups in total. The highest BCUT2D eigenvalue weighted by Gasteiger charge is 2.51. The van der Waals surface area contributed by atoms with Crippen LogP contribution in [-0.2, 0) is 16.8 Å². The van der Waals surface area contributed by atoms with Crippen LogP contribution in [0.4, 0.5) is 0 Å². The summed E-state index contributed by atoms with van der Waals surface area (Å²) in [4.78, 5) is 15.7. The maximum Gasteiger partial charge on any atom is 0.143 e. The zero-order chi connectivity index (χ0) is 9.47. The van der Waals surface area contributed by atoms with Crippen LogP contribution in [-0.4, -0.2) is 15.3 Å². The van der Waals surface area contributed by atoms with E-state index in [4.69, 9.17) is 0 Å². The Labute approximate surface area is 77.8 Å². The summed E-state index contributed by atoms with van der Waals surface area (Å²) in [6.07, 6.45) is 5.67. The van der Waals surface area contributed by atoms with E-state index in [9.17, 15) is 4.79 Å². The van der Waals surface area contributed by atoms with Crippen LogP contribution in [0.25, 0.3) is 0 Å². The average molecular weight is 178 g/mol. The van der Waals surface area contributed by atoms with Crippen molar-refractivity contribution in [3.05, 3.63) is 18.2 Å². The van der Waals surface area contributed by atoms with Crippen LogP contribution in [0.5, 0.6) is 0 Å². The Morgan fingerprint density at radius 1 is 1.69 bits per heavy atom. The van der Waals surface area contributed by atoms with E-state index < -0.39 is 0 Å². The summed E-state index contributed by atoms with van der Waals surface area (Å²) in [6, 6.07) is 0. The first-order chi connectivity index (χ1) is 6.20. The molecule has 0 amide bonds. The summed E-state index contributed by atoms with van der Waals surface area (Å²) in [5, 5.41) is 0. The van der Waals surface area contributed by atoms with Gasteiger partial charge in [-0.2, -0.15) is 0 Å².